The van der Waals surface area contributed by atoms with Gasteiger partial charge in [-0.25, -0.2) is 4.98 Å². The molecule has 0 unspecified atom stereocenters. The van der Waals surface area contributed by atoms with Crippen molar-refractivity contribution in [3.05, 3.63) is 212 Å². The molecular weight excluding hydrogens is 751 g/mol. The molecule has 3 aromatic heterocycles. The second-order valence-corrected chi connectivity index (χ2v) is 15.1. The van der Waals surface area contributed by atoms with Crippen molar-refractivity contribution in [2.24, 2.45) is 0 Å². The largest absolute Gasteiger partial charge is 0.456 e. The fourth-order valence-electron chi connectivity index (χ4n) is 8.70. The maximum Gasteiger partial charge on any atom is 0.227 e. The number of para-hydroxylation sites is 5. The van der Waals surface area contributed by atoms with Crippen LogP contribution in [0.25, 0.3) is 77.6 Å². The van der Waals surface area contributed by atoms with E-state index in [2.05, 4.69) is 161 Å². The third kappa shape index (κ3) is 5.84. The molecule has 0 amide bonds. The molecule has 0 radical (unpaired) electrons. The van der Waals surface area contributed by atoms with Crippen LogP contribution >= 0.6 is 0 Å². The Bertz CT molecular complexity index is 3550. The Labute approximate surface area is 350 Å². The number of rotatable bonds is 8. The first-order valence-corrected chi connectivity index (χ1v) is 20.4. The van der Waals surface area contributed by atoms with Gasteiger partial charge in [0.1, 0.15) is 22.3 Å². The van der Waals surface area contributed by atoms with Crippen molar-refractivity contribution in [3.63, 3.8) is 0 Å². The van der Waals surface area contributed by atoms with Crippen LogP contribution < -0.4 is 9.80 Å². The van der Waals surface area contributed by atoms with Crippen molar-refractivity contribution in [3.8, 4) is 22.6 Å². The molecule has 9 aromatic carbocycles. The summed E-state index contributed by atoms with van der Waals surface area (Å²) in [4.78, 5) is 9.81. The van der Waals surface area contributed by atoms with E-state index >= 15 is 0 Å². The second-order valence-electron chi connectivity index (χ2n) is 15.1. The van der Waals surface area contributed by atoms with Gasteiger partial charge in [0.2, 0.25) is 5.89 Å². The third-order valence-electron chi connectivity index (χ3n) is 11.5. The van der Waals surface area contributed by atoms with Gasteiger partial charge in [-0.3, -0.25) is 0 Å². The zero-order valence-electron chi connectivity index (χ0n) is 32.8. The van der Waals surface area contributed by atoms with E-state index in [-0.39, 0.29) is 0 Å². The van der Waals surface area contributed by atoms with Crippen molar-refractivity contribution in [2.45, 2.75) is 0 Å². The third-order valence-corrected chi connectivity index (χ3v) is 11.5. The van der Waals surface area contributed by atoms with Crippen LogP contribution in [0.1, 0.15) is 0 Å². The lowest BCUT2D eigenvalue weighted by molar-refractivity contribution is 0.620. The number of hydrogen-bond donors (Lipinski definition) is 0. The zero-order chi connectivity index (χ0) is 40.3. The molecule has 6 heteroatoms. The van der Waals surface area contributed by atoms with Gasteiger partial charge in [0.05, 0.1) is 22.7 Å². The number of benzene rings is 9. The van der Waals surface area contributed by atoms with Crippen LogP contribution in [0.15, 0.2) is 226 Å². The van der Waals surface area contributed by atoms with Crippen molar-refractivity contribution >= 4 is 89.1 Å². The van der Waals surface area contributed by atoms with Crippen molar-refractivity contribution in [2.75, 3.05) is 9.80 Å². The average Bonchev–Trinajstić information content (AvgIpc) is 4.04. The topological polar surface area (TPSA) is 58.8 Å². The van der Waals surface area contributed by atoms with Gasteiger partial charge in [-0.1, -0.05) is 133 Å². The number of furan rings is 2. The minimum absolute atomic E-state index is 0.534. The number of anilines is 6. The van der Waals surface area contributed by atoms with Crippen molar-refractivity contribution in [1.82, 2.24) is 4.98 Å². The summed E-state index contributed by atoms with van der Waals surface area (Å²) in [6.07, 6.45) is 0. The number of oxazole rings is 1. The molecule has 0 aliphatic rings. The Hall–Kier alpha value is -8.35. The molecule has 12 rings (SSSR count). The van der Waals surface area contributed by atoms with E-state index in [1.165, 1.54) is 0 Å². The molecule has 12 aromatic rings. The summed E-state index contributed by atoms with van der Waals surface area (Å²) in [5.74, 6) is 0.534. The van der Waals surface area contributed by atoms with E-state index in [0.29, 0.717) is 17.0 Å². The quantitative estimate of drug-likeness (QED) is 0.153. The van der Waals surface area contributed by atoms with Crippen LogP contribution in [0.5, 0.6) is 0 Å². The van der Waals surface area contributed by atoms with E-state index in [1.54, 1.807) is 0 Å². The molecule has 0 fully saturated rings. The lowest BCUT2D eigenvalue weighted by Gasteiger charge is -2.30. The molecular formula is C55H35N3O3. The van der Waals surface area contributed by atoms with E-state index < -0.39 is 0 Å². The summed E-state index contributed by atoms with van der Waals surface area (Å²) in [5.41, 5.74) is 13.2. The molecule has 0 N–H and O–H groups in total. The summed E-state index contributed by atoms with van der Waals surface area (Å²) in [7, 11) is 0. The fraction of sp³-hybridized carbons (Fsp3) is 0. The molecule has 6 nitrogen and oxygen atoms in total. The summed E-state index contributed by atoms with van der Waals surface area (Å²) < 4.78 is 20.0. The summed E-state index contributed by atoms with van der Waals surface area (Å²) in [5, 5.41) is 4.18. The Balaban J connectivity index is 1.18. The van der Waals surface area contributed by atoms with Gasteiger partial charge in [0, 0.05) is 44.0 Å². The molecule has 61 heavy (non-hydrogen) atoms. The minimum Gasteiger partial charge on any atom is -0.456 e. The predicted octanol–water partition coefficient (Wildman–Crippen LogP) is 15.9. The Morgan fingerprint density at radius 3 is 1.72 bits per heavy atom. The molecule has 0 saturated carbocycles. The van der Waals surface area contributed by atoms with Gasteiger partial charge in [0.15, 0.2) is 11.2 Å². The minimum atomic E-state index is 0.534. The molecule has 0 spiro atoms. The summed E-state index contributed by atoms with van der Waals surface area (Å²) in [6, 6.07) is 73.1. The van der Waals surface area contributed by atoms with Gasteiger partial charge in [-0.2, -0.15) is 0 Å². The maximum absolute atomic E-state index is 6.90. The first kappa shape index (κ1) is 34.7. The van der Waals surface area contributed by atoms with Crippen molar-refractivity contribution in [1.29, 1.82) is 0 Å². The lowest BCUT2D eigenvalue weighted by Crippen LogP contribution is -2.14. The van der Waals surface area contributed by atoms with Gasteiger partial charge in [-0.05, 0) is 84.4 Å². The van der Waals surface area contributed by atoms with E-state index in [1.807, 2.05) is 60.7 Å². The first-order chi connectivity index (χ1) is 30.2. The predicted molar refractivity (Wildman–Crippen MR) is 249 cm³/mol. The number of hydrogen-bond acceptors (Lipinski definition) is 6. The van der Waals surface area contributed by atoms with Gasteiger partial charge < -0.3 is 23.1 Å². The monoisotopic (exact) mass is 785 g/mol. The molecule has 0 aliphatic carbocycles. The van der Waals surface area contributed by atoms with Crippen molar-refractivity contribution < 1.29 is 13.3 Å². The molecule has 0 saturated heterocycles. The summed E-state index contributed by atoms with van der Waals surface area (Å²) in [6.45, 7) is 0. The van der Waals surface area contributed by atoms with Crippen LogP contribution in [0.3, 0.4) is 0 Å². The second kappa shape index (κ2) is 14.2. The Morgan fingerprint density at radius 1 is 0.328 bits per heavy atom. The number of fused-ring (bicyclic) bond motifs is 7. The smallest absolute Gasteiger partial charge is 0.227 e. The van der Waals surface area contributed by atoms with Crippen LogP contribution in [0, 0.1) is 0 Å². The standard InChI is InChI=1S/C55H35N3O3/c1-4-17-36(18-5-1)41-23-10-13-27-47(41)57(39-31-32-52-45(33-39)43-25-12-14-29-50(43)59-52)40-34-46-54(61-55(56-46)37-19-6-2-7-20-37)49(35-40)58(38-21-8-3-9-22-38)48-28-16-26-44-42-24-11-15-30-51(42)60-53(44)48/h1-35H. The first-order valence-electron chi connectivity index (χ1n) is 20.4. The van der Waals surface area contributed by atoms with E-state index in [4.69, 9.17) is 18.2 Å². The number of aromatic nitrogens is 1. The van der Waals surface area contributed by atoms with Crippen LogP contribution in [-0.2, 0) is 0 Å². The van der Waals surface area contributed by atoms with Gasteiger partial charge in [-0.15, -0.1) is 0 Å². The Kier molecular flexibility index (Phi) is 8.06. The van der Waals surface area contributed by atoms with Gasteiger partial charge in [0.25, 0.3) is 0 Å². The van der Waals surface area contributed by atoms with Gasteiger partial charge >= 0.3 is 0 Å². The Morgan fingerprint density at radius 2 is 0.934 bits per heavy atom. The van der Waals surface area contributed by atoms with Crippen LogP contribution in [0.4, 0.5) is 34.1 Å². The molecule has 0 atom stereocenters. The number of nitrogens with zero attached hydrogens (tertiary/aromatic N) is 3. The highest BCUT2D eigenvalue weighted by Gasteiger charge is 2.27. The SMILES string of the molecule is c1ccc(-c2nc3cc(N(c4ccc5oc6ccccc6c5c4)c4ccccc4-c4ccccc4)cc(N(c4ccccc4)c4cccc5c4oc4ccccc45)c3o2)cc1. The highest BCUT2D eigenvalue weighted by atomic mass is 16.4. The van der Waals surface area contributed by atoms with Crippen LogP contribution in [-0.4, -0.2) is 4.98 Å². The van der Waals surface area contributed by atoms with E-state index in [0.717, 1.165) is 94.7 Å². The van der Waals surface area contributed by atoms with E-state index in [9.17, 15) is 0 Å². The lowest BCUT2D eigenvalue weighted by atomic mass is 10.0. The zero-order valence-corrected chi connectivity index (χ0v) is 32.8. The van der Waals surface area contributed by atoms with Crippen LogP contribution in [0.2, 0.25) is 0 Å². The summed E-state index contributed by atoms with van der Waals surface area (Å²) >= 11 is 0. The molecule has 3 heterocycles. The highest BCUT2D eigenvalue weighted by molar-refractivity contribution is 6.12. The average molecular weight is 786 g/mol. The molecule has 0 aliphatic heterocycles. The molecule has 0 bridgehead atoms. The normalized spacial score (nSPS) is 11.6. The fourth-order valence-corrected chi connectivity index (χ4v) is 8.70. The maximum atomic E-state index is 6.90. The highest BCUT2D eigenvalue weighted by Crippen LogP contribution is 2.49. The molecule has 288 valence electrons.